The number of guanidine groups is 1. The van der Waals surface area contributed by atoms with Crippen LogP contribution in [0.15, 0.2) is 35.3 Å². The first-order chi connectivity index (χ1) is 13.2. The van der Waals surface area contributed by atoms with E-state index in [0.29, 0.717) is 38.2 Å². The van der Waals surface area contributed by atoms with E-state index in [1.807, 2.05) is 25.1 Å². The molecule has 7 heteroatoms. The lowest BCUT2D eigenvalue weighted by molar-refractivity contribution is 0.0953. The molecule has 1 amide bonds. The second kappa shape index (κ2) is 11.6. The summed E-state index contributed by atoms with van der Waals surface area (Å²) in [7, 11) is 0. The van der Waals surface area contributed by atoms with Gasteiger partial charge in [0, 0.05) is 43.8 Å². The molecule has 1 aromatic carbocycles. The Balaban J connectivity index is 1.73. The van der Waals surface area contributed by atoms with Crippen LogP contribution in [-0.2, 0) is 4.74 Å². The van der Waals surface area contributed by atoms with Crippen LogP contribution in [0.5, 0.6) is 0 Å². The number of hydrogen-bond donors (Lipinski definition) is 4. The fourth-order valence-corrected chi connectivity index (χ4v) is 3.06. The maximum Gasteiger partial charge on any atom is 0.251 e. The second-order valence-electron chi connectivity index (χ2n) is 6.87. The topological polar surface area (TPSA) is 95.0 Å². The minimum atomic E-state index is -0.0548. The molecule has 0 aliphatic carbocycles. The van der Waals surface area contributed by atoms with Crippen LogP contribution in [0.3, 0.4) is 0 Å². The van der Waals surface area contributed by atoms with Crippen molar-refractivity contribution in [3.05, 3.63) is 35.9 Å². The number of aliphatic hydroxyl groups excluding tert-OH is 1. The largest absolute Gasteiger partial charge is 0.396 e. The summed E-state index contributed by atoms with van der Waals surface area (Å²) in [5.74, 6) is 0.708. The number of rotatable bonds is 10. The van der Waals surface area contributed by atoms with Gasteiger partial charge in [0.05, 0.1) is 13.2 Å². The number of ether oxygens (including phenoxy) is 1. The van der Waals surface area contributed by atoms with Crippen molar-refractivity contribution in [2.24, 2.45) is 10.4 Å². The first-order valence-corrected chi connectivity index (χ1v) is 9.73. The Morgan fingerprint density at radius 3 is 2.67 bits per heavy atom. The molecule has 1 fully saturated rings. The highest BCUT2D eigenvalue weighted by Gasteiger charge is 2.34. The molecule has 0 aromatic heterocycles. The maximum absolute atomic E-state index is 12.0. The molecule has 7 nitrogen and oxygen atoms in total. The summed E-state index contributed by atoms with van der Waals surface area (Å²) < 4.78 is 5.52. The fourth-order valence-electron chi connectivity index (χ4n) is 3.06. The smallest absolute Gasteiger partial charge is 0.251 e. The van der Waals surface area contributed by atoms with Gasteiger partial charge in [-0.3, -0.25) is 9.79 Å². The van der Waals surface area contributed by atoms with E-state index in [0.717, 1.165) is 32.0 Å². The van der Waals surface area contributed by atoms with Crippen molar-refractivity contribution in [3.63, 3.8) is 0 Å². The van der Waals surface area contributed by atoms with Crippen molar-refractivity contribution >= 4 is 11.9 Å². The summed E-state index contributed by atoms with van der Waals surface area (Å²) in [6.45, 7) is 6.30. The molecule has 4 N–H and O–H groups in total. The van der Waals surface area contributed by atoms with Gasteiger partial charge in [-0.15, -0.1) is 0 Å². The highest BCUT2D eigenvalue weighted by molar-refractivity contribution is 5.94. The van der Waals surface area contributed by atoms with E-state index in [1.165, 1.54) is 0 Å². The lowest BCUT2D eigenvalue weighted by Crippen LogP contribution is -2.40. The number of nitrogens with one attached hydrogen (secondary N) is 3. The minimum Gasteiger partial charge on any atom is -0.396 e. The van der Waals surface area contributed by atoms with Crippen LogP contribution >= 0.6 is 0 Å². The third kappa shape index (κ3) is 7.19. The van der Waals surface area contributed by atoms with Crippen LogP contribution in [0.2, 0.25) is 0 Å². The monoisotopic (exact) mass is 376 g/mol. The maximum atomic E-state index is 12.0. The predicted molar refractivity (Wildman–Crippen MR) is 107 cm³/mol. The molecule has 150 valence electrons. The molecule has 0 bridgehead atoms. The Morgan fingerprint density at radius 1 is 1.22 bits per heavy atom. The molecule has 1 atom stereocenters. The first kappa shape index (κ1) is 21.2. The lowest BCUT2D eigenvalue weighted by Gasteiger charge is -2.24. The molecule has 1 aliphatic heterocycles. The highest BCUT2D eigenvalue weighted by atomic mass is 16.5. The van der Waals surface area contributed by atoms with Gasteiger partial charge in [0.2, 0.25) is 0 Å². The molecule has 1 aliphatic rings. The van der Waals surface area contributed by atoms with Gasteiger partial charge in [0.25, 0.3) is 5.91 Å². The molecule has 1 aromatic rings. The third-order valence-electron chi connectivity index (χ3n) is 4.71. The van der Waals surface area contributed by atoms with Gasteiger partial charge < -0.3 is 25.8 Å². The zero-order valence-corrected chi connectivity index (χ0v) is 16.2. The summed E-state index contributed by atoms with van der Waals surface area (Å²) in [6.07, 6.45) is 2.44. The quantitative estimate of drug-likeness (QED) is 0.279. The minimum absolute atomic E-state index is 0.0525. The van der Waals surface area contributed by atoms with E-state index in [1.54, 1.807) is 12.1 Å². The average Bonchev–Trinajstić information content (AvgIpc) is 3.15. The summed E-state index contributed by atoms with van der Waals surface area (Å²) in [4.78, 5) is 16.7. The van der Waals surface area contributed by atoms with Gasteiger partial charge >= 0.3 is 0 Å². The Bertz CT molecular complexity index is 586. The van der Waals surface area contributed by atoms with Gasteiger partial charge in [-0.1, -0.05) is 18.2 Å². The SMILES string of the molecule is CCNC(=NCC1(CCO)CCOC1)NCCCNC(=O)c1ccccc1. The molecule has 1 heterocycles. The van der Waals surface area contributed by atoms with Crippen molar-refractivity contribution in [1.29, 1.82) is 0 Å². The number of amides is 1. The van der Waals surface area contributed by atoms with Crippen LogP contribution in [0.4, 0.5) is 0 Å². The summed E-state index contributed by atoms with van der Waals surface area (Å²) in [5, 5.41) is 18.8. The number of carbonyl (C=O) groups excluding carboxylic acids is 1. The Labute approximate surface area is 161 Å². The molecule has 1 unspecified atom stereocenters. The van der Waals surface area contributed by atoms with E-state index in [-0.39, 0.29) is 17.9 Å². The summed E-state index contributed by atoms with van der Waals surface area (Å²) in [6, 6.07) is 9.21. The lowest BCUT2D eigenvalue weighted by atomic mass is 9.84. The van der Waals surface area contributed by atoms with E-state index in [9.17, 15) is 9.90 Å². The van der Waals surface area contributed by atoms with E-state index in [2.05, 4.69) is 20.9 Å². The van der Waals surface area contributed by atoms with Crippen molar-refractivity contribution in [1.82, 2.24) is 16.0 Å². The van der Waals surface area contributed by atoms with Gasteiger partial charge in [-0.25, -0.2) is 0 Å². The molecule has 27 heavy (non-hydrogen) atoms. The van der Waals surface area contributed by atoms with Gasteiger partial charge in [0.1, 0.15) is 0 Å². The van der Waals surface area contributed by atoms with Crippen LogP contribution in [0, 0.1) is 5.41 Å². The zero-order valence-electron chi connectivity index (χ0n) is 16.2. The van der Waals surface area contributed by atoms with Crippen LogP contribution < -0.4 is 16.0 Å². The molecule has 0 radical (unpaired) electrons. The molecule has 0 saturated carbocycles. The number of benzene rings is 1. The van der Waals surface area contributed by atoms with Gasteiger partial charge in [-0.05, 0) is 38.3 Å². The van der Waals surface area contributed by atoms with Crippen LogP contribution in [-0.4, -0.2) is 63.0 Å². The molecule has 1 saturated heterocycles. The Hall–Kier alpha value is -2.12. The number of hydrogen-bond acceptors (Lipinski definition) is 4. The number of nitrogens with zero attached hydrogens (tertiary/aromatic N) is 1. The van der Waals surface area contributed by atoms with E-state index < -0.39 is 0 Å². The van der Waals surface area contributed by atoms with Crippen molar-refractivity contribution in [3.8, 4) is 0 Å². The van der Waals surface area contributed by atoms with Crippen molar-refractivity contribution in [2.75, 3.05) is 46.0 Å². The number of aliphatic hydroxyl groups is 1. The van der Waals surface area contributed by atoms with Crippen LogP contribution in [0.25, 0.3) is 0 Å². The van der Waals surface area contributed by atoms with Gasteiger partial charge in [-0.2, -0.15) is 0 Å². The van der Waals surface area contributed by atoms with Crippen molar-refractivity contribution < 1.29 is 14.6 Å². The van der Waals surface area contributed by atoms with Crippen molar-refractivity contribution in [2.45, 2.75) is 26.2 Å². The standard InChI is InChI=1S/C20H32N4O3/c1-2-21-19(24-15-20(9-13-25)10-14-27-16-20)23-12-6-11-22-18(26)17-7-4-3-5-8-17/h3-5,7-8,25H,2,6,9-16H2,1H3,(H,22,26)(H2,21,23,24). The van der Waals surface area contributed by atoms with E-state index in [4.69, 9.17) is 4.74 Å². The van der Waals surface area contributed by atoms with Gasteiger partial charge in [0.15, 0.2) is 5.96 Å². The second-order valence-corrected chi connectivity index (χ2v) is 6.87. The molecular weight excluding hydrogens is 344 g/mol. The summed E-state index contributed by atoms with van der Waals surface area (Å²) in [5.41, 5.74) is 0.620. The average molecular weight is 377 g/mol. The number of aliphatic imine (C=N–C) groups is 1. The molecule has 2 rings (SSSR count). The fraction of sp³-hybridized carbons (Fsp3) is 0.600. The third-order valence-corrected chi connectivity index (χ3v) is 4.71. The van der Waals surface area contributed by atoms with E-state index >= 15 is 0 Å². The Kier molecular flexibility index (Phi) is 9.07. The molecular formula is C20H32N4O3. The number of carbonyl (C=O) groups is 1. The first-order valence-electron chi connectivity index (χ1n) is 9.73. The predicted octanol–water partition coefficient (Wildman–Crippen LogP) is 1.15. The molecule has 0 spiro atoms. The Morgan fingerprint density at radius 2 is 2.00 bits per heavy atom. The zero-order chi connectivity index (χ0) is 19.4. The summed E-state index contributed by atoms with van der Waals surface area (Å²) >= 11 is 0. The normalized spacial score (nSPS) is 19.7. The highest BCUT2D eigenvalue weighted by Crippen LogP contribution is 2.32. The van der Waals surface area contributed by atoms with Crippen LogP contribution in [0.1, 0.15) is 36.5 Å².